The van der Waals surface area contributed by atoms with E-state index < -0.39 is 0 Å². The maximum atomic E-state index is 13.2. The Hall–Kier alpha value is -2.57. The second kappa shape index (κ2) is 6.79. The van der Waals surface area contributed by atoms with Gasteiger partial charge in [0, 0.05) is 30.2 Å². The highest BCUT2D eigenvalue weighted by atomic mass is 35.5. The van der Waals surface area contributed by atoms with Crippen LogP contribution in [-0.2, 0) is 0 Å². The zero-order chi connectivity index (χ0) is 19.3. The van der Waals surface area contributed by atoms with Crippen LogP contribution in [0.3, 0.4) is 0 Å². The Kier molecular flexibility index (Phi) is 4.25. The van der Waals surface area contributed by atoms with Crippen molar-refractivity contribution in [3.05, 3.63) is 59.4 Å². The van der Waals surface area contributed by atoms with Crippen molar-refractivity contribution in [2.45, 2.75) is 18.9 Å². The topological polar surface area (TPSA) is 77.3 Å². The molecule has 1 saturated heterocycles. The normalized spacial score (nSPS) is 23.9. The van der Waals surface area contributed by atoms with Gasteiger partial charge in [-0.1, -0.05) is 17.7 Å². The van der Waals surface area contributed by atoms with Gasteiger partial charge in [0.15, 0.2) is 11.5 Å². The molecule has 1 aromatic carbocycles. The highest BCUT2D eigenvalue weighted by Gasteiger charge is 2.43. The number of fused-ring (bicyclic) bond motifs is 1. The summed E-state index contributed by atoms with van der Waals surface area (Å²) in [5, 5.41) is 5.21. The standard InChI is InChI=1S/C21H21ClN4O2/c22-14-3-1-4-15(9-14)26-19(20-5-2-8-28-20)10-18(24-26)21(27)25-11-13-6-7-17(23)16(13)12-25/h1-5,8-10,13,16-17H,6-7,11-12,23H2. The third kappa shape index (κ3) is 2.93. The highest BCUT2D eigenvalue weighted by molar-refractivity contribution is 6.30. The average molecular weight is 397 g/mol. The van der Waals surface area contributed by atoms with E-state index in [0.29, 0.717) is 40.6 Å². The zero-order valence-electron chi connectivity index (χ0n) is 15.3. The number of aromatic nitrogens is 2. The molecule has 1 aliphatic heterocycles. The number of rotatable bonds is 3. The molecule has 7 heteroatoms. The molecule has 3 aromatic rings. The molecule has 3 unspecified atom stereocenters. The molecule has 1 amide bonds. The first-order chi connectivity index (χ1) is 13.6. The highest BCUT2D eigenvalue weighted by Crippen LogP contribution is 2.38. The molecule has 28 heavy (non-hydrogen) atoms. The number of halogens is 1. The number of furan rings is 1. The Balaban J connectivity index is 1.51. The molecule has 6 nitrogen and oxygen atoms in total. The molecule has 144 valence electrons. The van der Waals surface area contributed by atoms with Crippen molar-refractivity contribution in [1.82, 2.24) is 14.7 Å². The van der Waals surface area contributed by atoms with Crippen molar-refractivity contribution in [3.8, 4) is 17.1 Å². The van der Waals surface area contributed by atoms with Gasteiger partial charge < -0.3 is 15.1 Å². The van der Waals surface area contributed by atoms with Crippen molar-refractivity contribution >= 4 is 17.5 Å². The number of likely N-dealkylation sites (tertiary alicyclic amines) is 1. The van der Waals surface area contributed by atoms with Gasteiger partial charge in [-0.05, 0) is 55.0 Å². The van der Waals surface area contributed by atoms with Gasteiger partial charge in [0.25, 0.3) is 5.91 Å². The van der Waals surface area contributed by atoms with Crippen LogP contribution in [-0.4, -0.2) is 39.7 Å². The fraction of sp³-hybridized carbons (Fsp3) is 0.333. The number of hydrogen-bond donors (Lipinski definition) is 1. The van der Waals surface area contributed by atoms with E-state index in [9.17, 15) is 4.79 Å². The van der Waals surface area contributed by atoms with Crippen LogP contribution in [0.5, 0.6) is 0 Å². The molecule has 2 N–H and O–H groups in total. The van der Waals surface area contributed by atoms with Gasteiger partial charge in [-0.15, -0.1) is 0 Å². The number of nitrogens with two attached hydrogens (primary N) is 1. The van der Waals surface area contributed by atoms with Crippen molar-refractivity contribution in [3.63, 3.8) is 0 Å². The maximum Gasteiger partial charge on any atom is 0.274 e. The summed E-state index contributed by atoms with van der Waals surface area (Å²) in [6, 6.07) is 13.0. The summed E-state index contributed by atoms with van der Waals surface area (Å²) in [6.07, 6.45) is 3.77. The number of nitrogens with zero attached hydrogens (tertiary/aromatic N) is 3. The summed E-state index contributed by atoms with van der Waals surface area (Å²) in [5.74, 6) is 1.50. The van der Waals surface area contributed by atoms with Gasteiger partial charge in [-0.3, -0.25) is 4.79 Å². The first kappa shape index (κ1) is 17.5. The summed E-state index contributed by atoms with van der Waals surface area (Å²) < 4.78 is 7.28. The van der Waals surface area contributed by atoms with Gasteiger partial charge in [-0.25, -0.2) is 4.68 Å². The van der Waals surface area contributed by atoms with Crippen molar-refractivity contribution in [1.29, 1.82) is 0 Å². The van der Waals surface area contributed by atoms with E-state index in [1.807, 2.05) is 35.2 Å². The predicted molar refractivity (Wildman–Crippen MR) is 106 cm³/mol. The van der Waals surface area contributed by atoms with Crippen LogP contribution in [0.4, 0.5) is 0 Å². The molecule has 1 aliphatic carbocycles. The lowest BCUT2D eigenvalue weighted by Gasteiger charge is -2.17. The largest absolute Gasteiger partial charge is 0.463 e. The van der Waals surface area contributed by atoms with Crippen LogP contribution in [0.1, 0.15) is 23.3 Å². The van der Waals surface area contributed by atoms with Gasteiger partial charge in [0.05, 0.1) is 12.0 Å². The number of carbonyl (C=O) groups excluding carboxylic acids is 1. The van der Waals surface area contributed by atoms with Gasteiger partial charge in [-0.2, -0.15) is 5.10 Å². The molecule has 3 atom stereocenters. The van der Waals surface area contributed by atoms with Gasteiger partial charge in [0.2, 0.25) is 0 Å². The van der Waals surface area contributed by atoms with Crippen LogP contribution in [0, 0.1) is 11.8 Å². The van der Waals surface area contributed by atoms with E-state index in [2.05, 4.69) is 5.10 Å². The monoisotopic (exact) mass is 396 g/mol. The van der Waals surface area contributed by atoms with E-state index in [1.165, 1.54) is 0 Å². The summed E-state index contributed by atoms with van der Waals surface area (Å²) in [6.45, 7) is 1.47. The average Bonchev–Trinajstić information content (AvgIpc) is 3.46. The number of hydrogen-bond acceptors (Lipinski definition) is 4. The van der Waals surface area contributed by atoms with E-state index in [4.69, 9.17) is 21.8 Å². The first-order valence-corrected chi connectivity index (χ1v) is 9.92. The molecule has 0 bridgehead atoms. The Morgan fingerprint density at radius 2 is 2.07 bits per heavy atom. The minimum absolute atomic E-state index is 0.0600. The molecular formula is C21H21ClN4O2. The molecule has 2 aromatic heterocycles. The second-order valence-corrected chi connectivity index (χ2v) is 8.10. The molecule has 1 saturated carbocycles. The van der Waals surface area contributed by atoms with Crippen molar-refractivity contribution < 1.29 is 9.21 Å². The lowest BCUT2D eigenvalue weighted by Crippen LogP contribution is -2.33. The molecule has 5 rings (SSSR count). The lowest BCUT2D eigenvalue weighted by molar-refractivity contribution is 0.0773. The molecular weight excluding hydrogens is 376 g/mol. The summed E-state index contributed by atoms with van der Waals surface area (Å²) in [4.78, 5) is 15.1. The third-order valence-corrected chi connectivity index (χ3v) is 6.19. The number of benzene rings is 1. The van der Waals surface area contributed by atoms with Crippen LogP contribution in [0.2, 0.25) is 5.02 Å². The fourth-order valence-corrected chi connectivity index (χ4v) is 4.71. The molecule has 3 heterocycles. The first-order valence-electron chi connectivity index (χ1n) is 9.55. The van der Waals surface area contributed by atoms with E-state index in [1.54, 1.807) is 23.1 Å². The molecule has 2 fully saturated rings. The van der Waals surface area contributed by atoms with E-state index >= 15 is 0 Å². The smallest absolute Gasteiger partial charge is 0.274 e. The van der Waals surface area contributed by atoms with Crippen LogP contribution in [0.15, 0.2) is 53.1 Å². The molecule has 0 spiro atoms. The van der Waals surface area contributed by atoms with Crippen LogP contribution in [0.25, 0.3) is 17.1 Å². The second-order valence-electron chi connectivity index (χ2n) is 7.66. The van der Waals surface area contributed by atoms with E-state index in [0.717, 1.165) is 25.1 Å². The minimum atomic E-state index is -0.0600. The number of amides is 1. The summed E-state index contributed by atoms with van der Waals surface area (Å²) in [5.41, 5.74) is 8.11. The van der Waals surface area contributed by atoms with Crippen molar-refractivity contribution in [2.75, 3.05) is 13.1 Å². The third-order valence-electron chi connectivity index (χ3n) is 5.95. The summed E-state index contributed by atoms with van der Waals surface area (Å²) in [7, 11) is 0. The minimum Gasteiger partial charge on any atom is -0.463 e. The van der Waals surface area contributed by atoms with Gasteiger partial charge in [0.1, 0.15) is 5.69 Å². The maximum absolute atomic E-state index is 13.2. The van der Waals surface area contributed by atoms with Gasteiger partial charge >= 0.3 is 0 Å². The Bertz CT molecular complexity index is 1010. The Labute approximate surface area is 167 Å². The predicted octanol–water partition coefficient (Wildman–Crippen LogP) is 3.60. The quantitative estimate of drug-likeness (QED) is 0.733. The van der Waals surface area contributed by atoms with Crippen molar-refractivity contribution in [2.24, 2.45) is 17.6 Å². The molecule has 2 aliphatic rings. The van der Waals surface area contributed by atoms with E-state index in [-0.39, 0.29) is 11.9 Å². The van der Waals surface area contributed by atoms with Crippen LogP contribution >= 0.6 is 11.6 Å². The molecule has 0 radical (unpaired) electrons. The fourth-order valence-electron chi connectivity index (χ4n) is 4.53. The summed E-state index contributed by atoms with van der Waals surface area (Å²) >= 11 is 6.16. The number of carbonyl (C=O) groups is 1. The van der Waals surface area contributed by atoms with Crippen LogP contribution < -0.4 is 5.73 Å². The Morgan fingerprint density at radius 1 is 1.18 bits per heavy atom. The Morgan fingerprint density at radius 3 is 2.82 bits per heavy atom. The zero-order valence-corrected chi connectivity index (χ0v) is 16.0. The lowest BCUT2D eigenvalue weighted by atomic mass is 9.98. The SMILES string of the molecule is NC1CCC2CN(C(=O)c3cc(-c4ccco4)n(-c4cccc(Cl)c4)n3)CC12.